The second-order valence-corrected chi connectivity index (χ2v) is 6.50. The Morgan fingerprint density at radius 2 is 1.69 bits per heavy atom. The standard InChI is InChI=1S/C21H19N5O3/c27-18(10-11-20-25-26-21(29-20)14-6-2-1-3-7-14)23-24-19(28)12-15-13-22-17-9-5-4-8-16(15)17/h1-9,13,22H,10-12H2,(H,23,27)(H,24,28). The Morgan fingerprint density at radius 1 is 0.931 bits per heavy atom. The normalized spacial score (nSPS) is 10.8. The number of amides is 2. The third-order valence-corrected chi connectivity index (χ3v) is 4.42. The maximum Gasteiger partial charge on any atom is 0.247 e. The second-order valence-electron chi connectivity index (χ2n) is 6.50. The minimum atomic E-state index is -0.336. The Morgan fingerprint density at radius 3 is 2.55 bits per heavy atom. The van der Waals surface area contributed by atoms with Gasteiger partial charge in [0.1, 0.15) is 0 Å². The fraction of sp³-hybridized carbons (Fsp3) is 0.143. The van der Waals surface area contributed by atoms with Crippen LogP contribution in [0.25, 0.3) is 22.4 Å². The van der Waals surface area contributed by atoms with Crippen LogP contribution in [0, 0.1) is 0 Å². The molecule has 0 bridgehead atoms. The van der Waals surface area contributed by atoms with E-state index in [2.05, 4.69) is 26.0 Å². The minimum Gasteiger partial charge on any atom is -0.421 e. The predicted molar refractivity (Wildman–Crippen MR) is 106 cm³/mol. The van der Waals surface area contributed by atoms with Crippen molar-refractivity contribution < 1.29 is 14.0 Å². The number of carbonyl (C=O) groups is 2. The third kappa shape index (κ3) is 4.49. The maximum absolute atomic E-state index is 12.1. The Bertz CT molecular complexity index is 1130. The van der Waals surface area contributed by atoms with Crippen LogP contribution in [0.1, 0.15) is 17.9 Å². The number of fused-ring (bicyclic) bond motifs is 1. The largest absolute Gasteiger partial charge is 0.421 e. The number of para-hydroxylation sites is 1. The third-order valence-electron chi connectivity index (χ3n) is 4.42. The first-order chi connectivity index (χ1) is 14.2. The van der Waals surface area contributed by atoms with Gasteiger partial charge in [0.15, 0.2) is 0 Å². The molecule has 146 valence electrons. The minimum absolute atomic E-state index is 0.115. The van der Waals surface area contributed by atoms with E-state index < -0.39 is 0 Å². The number of nitrogens with one attached hydrogen (secondary N) is 3. The van der Waals surface area contributed by atoms with Crippen molar-refractivity contribution in [2.24, 2.45) is 0 Å². The number of hydrogen-bond acceptors (Lipinski definition) is 5. The molecule has 0 aliphatic carbocycles. The van der Waals surface area contributed by atoms with Crippen molar-refractivity contribution in [3.8, 4) is 11.5 Å². The van der Waals surface area contributed by atoms with Crippen LogP contribution in [0.3, 0.4) is 0 Å². The van der Waals surface area contributed by atoms with Crippen LogP contribution >= 0.6 is 0 Å². The highest BCUT2D eigenvalue weighted by molar-refractivity contribution is 5.89. The van der Waals surface area contributed by atoms with E-state index in [9.17, 15) is 9.59 Å². The summed E-state index contributed by atoms with van der Waals surface area (Å²) in [7, 11) is 0. The van der Waals surface area contributed by atoms with Crippen LogP contribution in [-0.2, 0) is 22.4 Å². The average Bonchev–Trinajstić information content (AvgIpc) is 3.39. The van der Waals surface area contributed by atoms with Gasteiger partial charge >= 0.3 is 0 Å². The van der Waals surface area contributed by atoms with Gasteiger partial charge in [0.2, 0.25) is 23.6 Å². The zero-order valence-electron chi connectivity index (χ0n) is 15.5. The molecule has 0 fully saturated rings. The Kier molecular flexibility index (Phi) is 5.33. The lowest BCUT2D eigenvalue weighted by Gasteiger charge is -2.06. The molecule has 0 radical (unpaired) electrons. The van der Waals surface area contributed by atoms with Crippen molar-refractivity contribution in [2.75, 3.05) is 0 Å². The number of hydrazine groups is 1. The summed E-state index contributed by atoms with van der Waals surface area (Å²) in [5, 5.41) is 8.92. The molecule has 8 heteroatoms. The van der Waals surface area contributed by atoms with Crippen LogP contribution in [0.4, 0.5) is 0 Å². The molecule has 0 aliphatic rings. The molecule has 0 aliphatic heterocycles. The molecule has 4 aromatic rings. The van der Waals surface area contributed by atoms with Gasteiger partial charge in [-0.2, -0.15) is 0 Å². The first kappa shape index (κ1) is 18.4. The lowest BCUT2D eigenvalue weighted by molar-refractivity contribution is -0.128. The SMILES string of the molecule is O=C(CCc1nnc(-c2ccccc2)o1)NNC(=O)Cc1c[nH]c2ccccc12. The summed E-state index contributed by atoms with van der Waals surface area (Å²) in [6, 6.07) is 17.1. The number of benzene rings is 2. The van der Waals surface area contributed by atoms with Gasteiger partial charge in [0.25, 0.3) is 0 Å². The Labute approximate surface area is 166 Å². The first-order valence-electron chi connectivity index (χ1n) is 9.19. The number of H-pyrrole nitrogens is 1. The van der Waals surface area contributed by atoms with Crippen molar-refractivity contribution >= 4 is 22.7 Å². The molecule has 0 saturated carbocycles. The van der Waals surface area contributed by atoms with Crippen LogP contribution in [0.5, 0.6) is 0 Å². The first-order valence-corrected chi connectivity index (χ1v) is 9.19. The van der Waals surface area contributed by atoms with Crippen molar-refractivity contribution in [3.05, 3.63) is 72.2 Å². The van der Waals surface area contributed by atoms with Gasteiger partial charge in [-0.1, -0.05) is 36.4 Å². The van der Waals surface area contributed by atoms with Gasteiger partial charge in [-0.25, -0.2) is 0 Å². The van der Waals surface area contributed by atoms with E-state index in [0.717, 1.165) is 22.0 Å². The molecule has 3 N–H and O–H groups in total. The quantitative estimate of drug-likeness (QED) is 0.439. The number of nitrogens with zero attached hydrogens (tertiary/aromatic N) is 2. The number of hydrogen-bond donors (Lipinski definition) is 3. The van der Waals surface area contributed by atoms with Crippen molar-refractivity contribution in [2.45, 2.75) is 19.3 Å². The molecule has 8 nitrogen and oxygen atoms in total. The van der Waals surface area contributed by atoms with Crippen molar-refractivity contribution in [1.82, 2.24) is 26.0 Å². The van der Waals surface area contributed by atoms with Gasteiger partial charge in [0.05, 0.1) is 6.42 Å². The fourth-order valence-corrected chi connectivity index (χ4v) is 2.97. The Hall–Kier alpha value is -3.94. The van der Waals surface area contributed by atoms with Gasteiger partial charge in [-0.15, -0.1) is 10.2 Å². The molecule has 2 amide bonds. The summed E-state index contributed by atoms with van der Waals surface area (Å²) in [5.41, 5.74) is 7.50. The highest BCUT2D eigenvalue weighted by Crippen LogP contribution is 2.18. The Balaban J connectivity index is 1.24. The highest BCUT2D eigenvalue weighted by Gasteiger charge is 2.12. The van der Waals surface area contributed by atoms with Gasteiger partial charge in [-0.05, 0) is 23.8 Å². The van der Waals surface area contributed by atoms with Crippen molar-refractivity contribution in [1.29, 1.82) is 0 Å². The number of aromatic nitrogens is 3. The smallest absolute Gasteiger partial charge is 0.247 e. The monoisotopic (exact) mass is 389 g/mol. The molecule has 0 atom stereocenters. The number of carbonyl (C=O) groups excluding carboxylic acids is 2. The van der Waals surface area contributed by atoms with Crippen LogP contribution < -0.4 is 10.9 Å². The molecule has 0 saturated heterocycles. The second kappa shape index (κ2) is 8.39. The highest BCUT2D eigenvalue weighted by atomic mass is 16.4. The van der Waals surface area contributed by atoms with Crippen LogP contribution in [0.15, 0.2) is 65.2 Å². The van der Waals surface area contributed by atoms with E-state index in [0.29, 0.717) is 11.8 Å². The van der Waals surface area contributed by atoms with E-state index in [1.807, 2.05) is 54.6 Å². The molecule has 29 heavy (non-hydrogen) atoms. The van der Waals surface area contributed by atoms with Gasteiger partial charge < -0.3 is 9.40 Å². The molecule has 4 rings (SSSR count). The van der Waals surface area contributed by atoms with E-state index in [-0.39, 0.29) is 31.1 Å². The molecule has 0 unspecified atom stereocenters. The fourth-order valence-electron chi connectivity index (χ4n) is 2.97. The van der Waals surface area contributed by atoms with E-state index in [1.54, 1.807) is 6.20 Å². The lowest BCUT2D eigenvalue weighted by atomic mass is 10.1. The molecule has 2 heterocycles. The zero-order chi connectivity index (χ0) is 20.1. The van der Waals surface area contributed by atoms with E-state index >= 15 is 0 Å². The predicted octanol–water partition coefficient (Wildman–Crippen LogP) is 2.54. The lowest BCUT2D eigenvalue weighted by Crippen LogP contribution is -2.42. The molecule has 2 aromatic heterocycles. The topological polar surface area (TPSA) is 113 Å². The van der Waals surface area contributed by atoms with Gasteiger partial charge in [-0.3, -0.25) is 20.4 Å². The zero-order valence-corrected chi connectivity index (χ0v) is 15.5. The summed E-state index contributed by atoms with van der Waals surface area (Å²) >= 11 is 0. The number of aromatic amines is 1. The average molecular weight is 389 g/mol. The maximum atomic E-state index is 12.1. The summed E-state index contributed by atoms with van der Waals surface area (Å²) in [6.45, 7) is 0. The van der Waals surface area contributed by atoms with Crippen LogP contribution in [0.2, 0.25) is 0 Å². The van der Waals surface area contributed by atoms with Crippen molar-refractivity contribution in [3.63, 3.8) is 0 Å². The molecule has 0 spiro atoms. The van der Waals surface area contributed by atoms with E-state index in [4.69, 9.17) is 4.42 Å². The van der Waals surface area contributed by atoms with Gasteiger partial charge in [0, 0.05) is 35.5 Å². The number of rotatable bonds is 6. The molecular formula is C21H19N5O3. The summed E-state index contributed by atoms with van der Waals surface area (Å²) in [5.74, 6) is 0.140. The van der Waals surface area contributed by atoms with E-state index in [1.165, 1.54) is 0 Å². The number of aryl methyl sites for hydroxylation is 1. The van der Waals surface area contributed by atoms with Crippen LogP contribution in [-0.4, -0.2) is 27.0 Å². The summed E-state index contributed by atoms with van der Waals surface area (Å²) < 4.78 is 5.56. The molecule has 2 aromatic carbocycles. The summed E-state index contributed by atoms with van der Waals surface area (Å²) in [4.78, 5) is 27.2. The molecular weight excluding hydrogens is 370 g/mol. The summed E-state index contributed by atoms with van der Waals surface area (Å²) in [6.07, 6.45) is 2.36.